The molecule has 0 aliphatic heterocycles. The summed E-state index contributed by atoms with van der Waals surface area (Å²) in [5, 5.41) is 3.39. The van der Waals surface area contributed by atoms with Gasteiger partial charge >= 0.3 is 0 Å². The van der Waals surface area contributed by atoms with E-state index in [1.54, 1.807) is 12.1 Å². The van der Waals surface area contributed by atoms with E-state index in [1.165, 1.54) is 12.8 Å². The molecule has 17 heavy (non-hydrogen) atoms. The van der Waals surface area contributed by atoms with E-state index in [0.717, 1.165) is 35.5 Å². The molecule has 1 aliphatic carbocycles. The molecule has 1 N–H and O–H groups in total. The summed E-state index contributed by atoms with van der Waals surface area (Å²) in [5.74, 6) is 1.31. The molecule has 0 saturated heterocycles. The molecule has 2 atom stereocenters. The third-order valence-corrected chi connectivity index (χ3v) is 4.21. The van der Waals surface area contributed by atoms with Crippen LogP contribution in [-0.4, -0.2) is 13.1 Å². The normalized spacial score (nSPS) is 23.5. The lowest BCUT2D eigenvalue weighted by atomic mass is 9.70. The van der Waals surface area contributed by atoms with Crippen molar-refractivity contribution in [2.45, 2.75) is 26.2 Å². The van der Waals surface area contributed by atoms with Gasteiger partial charge in [0.2, 0.25) is 0 Å². The predicted octanol–water partition coefficient (Wildman–Crippen LogP) is 3.77. The maximum absolute atomic E-state index is 13.6. The van der Waals surface area contributed by atoms with Crippen LogP contribution >= 0.6 is 15.9 Å². The minimum atomic E-state index is -0.0673. The smallest absolute Gasteiger partial charge is 0.126 e. The lowest BCUT2D eigenvalue weighted by molar-refractivity contribution is 0.170. The monoisotopic (exact) mass is 299 g/mol. The van der Waals surface area contributed by atoms with E-state index < -0.39 is 0 Å². The summed E-state index contributed by atoms with van der Waals surface area (Å²) < 4.78 is 14.6. The second-order valence-corrected chi connectivity index (χ2v) is 5.76. The van der Waals surface area contributed by atoms with Crippen LogP contribution in [0.2, 0.25) is 0 Å². The highest BCUT2D eigenvalue weighted by atomic mass is 79.9. The summed E-state index contributed by atoms with van der Waals surface area (Å²) in [6.45, 7) is 4.23. The third kappa shape index (κ3) is 3.29. The first-order valence-corrected chi connectivity index (χ1v) is 7.14. The van der Waals surface area contributed by atoms with E-state index in [2.05, 4.69) is 28.2 Å². The summed E-state index contributed by atoms with van der Waals surface area (Å²) in [6, 6.07) is 5.23. The SMILES string of the molecule is CCNCC1CCC1Cc1cc(Br)ccc1F. The summed E-state index contributed by atoms with van der Waals surface area (Å²) in [5.41, 5.74) is 0.852. The van der Waals surface area contributed by atoms with Gasteiger partial charge in [-0.25, -0.2) is 4.39 Å². The first kappa shape index (κ1) is 13.0. The molecule has 3 heteroatoms. The number of nitrogens with one attached hydrogen (secondary N) is 1. The summed E-state index contributed by atoms with van der Waals surface area (Å²) in [7, 11) is 0. The van der Waals surface area contributed by atoms with E-state index in [-0.39, 0.29) is 5.82 Å². The first-order chi connectivity index (χ1) is 8.20. The van der Waals surface area contributed by atoms with Crippen molar-refractivity contribution in [2.24, 2.45) is 11.8 Å². The average Bonchev–Trinajstić information content (AvgIpc) is 2.29. The van der Waals surface area contributed by atoms with Crippen molar-refractivity contribution < 1.29 is 4.39 Å². The fraction of sp³-hybridized carbons (Fsp3) is 0.571. The Kier molecular flexibility index (Phi) is 4.57. The number of halogens is 2. The van der Waals surface area contributed by atoms with E-state index in [9.17, 15) is 4.39 Å². The maximum Gasteiger partial charge on any atom is 0.126 e. The standard InChI is InChI=1S/C14H19BrFN/c1-2-17-9-11-4-3-10(11)7-12-8-13(15)5-6-14(12)16/h5-6,8,10-11,17H,2-4,7,9H2,1H3. The van der Waals surface area contributed by atoms with Gasteiger partial charge in [0.05, 0.1) is 0 Å². The van der Waals surface area contributed by atoms with Crippen LogP contribution in [0.5, 0.6) is 0 Å². The summed E-state index contributed by atoms with van der Waals surface area (Å²) >= 11 is 3.40. The highest BCUT2D eigenvalue weighted by Crippen LogP contribution is 2.37. The van der Waals surface area contributed by atoms with Gasteiger partial charge in [0, 0.05) is 4.47 Å². The lowest BCUT2D eigenvalue weighted by Gasteiger charge is -2.37. The molecule has 0 heterocycles. The summed E-state index contributed by atoms with van der Waals surface area (Å²) in [4.78, 5) is 0. The van der Waals surface area contributed by atoms with Crippen LogP contribution in [0, 0.1) is 17.7 Å². The molecule has 2 unspecified atom stereocenters. The van der Waals surface area contributed by atoms with Crippen molar-refractivity contribution in [3.63, 3.8) is 0 Å². The van der Waals surface area contributed by atoms with E-state index in [1.807, 2.05) is 6.07 Å². The quantitative estimate of drug-likeness (QED) is 0.873. The van der Waals surface area contributed by atoms with E-state index >= 15 is 0 Å². The molecule has 1 fully saturated rings. The van der Waals surface area contributed by atoms with E-state index in [4.69, 9.17) is 0 Å². The number of benzene rings is 1. The fourth-order valence-corrected chi connectivity index (χ4v) is 2.90. The second-order valence-electron chi connectivity index (χ2n) is 4.85. The fourth-order valence-electron chi connectivity index (χ4n) is 2.49. The molecule has 2 rings (SSSR count). The van der Waals surface area contributed by atoms with Gasteiger partial charge in [-0.15, -0.1) is 0 Å². The molecule has 0 spiro atoms. The number of hydrogen-bond donors (Lipinski definition) is 1. The van der Waals surface area contributed by atoms with Gasteiger partial charge in [0.1, 0.15) is 5.82 Å². The van der Waals surface area contributed by atoms with Crippen LogP contribution in [-0.2, 0) is 6.42 Å². The Balaban J connectivity index is 1.94. The van der Waals surface area contributed by atoms with Crippen LogP contribution in [0.15, 0.2) is 22.7 Å². The van der Waals surface area contributed by atoms with Crippen LogP contribution < -0.4 is 5.32 Å². The van der Waals surface area contributed by atoms with Gasteiger partial charge in [-0.2, -0.15) is 0 Å². The van der Waals surface area contributed by atoms with Gasteiger partial charge in [-0.05, 0) is 68.0 Å². The molecule has 1 aromatic carbocycles. The third-order valence-electron chi connectivity index (χ3n) is 3.72. The zero-order chi connectivity index (χ0) is 12.3. The minimum absolute atomic E-state index is 0.0673. The second kappa shape index (κ2) is 5.96. The highest BCUT2D eigenvalue weighted by molar-refractivity contribution is 9.10. The van der Waals surface area contributed by atoms with Crippen molar-refractivity contribution in [3.05, 3.63) is 34.1 Å². The molecule has 0 radical (unpaired) electrons. The Morgan fingerprint density at radius 3 is 2.76 bits per heavy atom. The zero-order valence-electron chi connectivity index (χ0n) is 10.2. The molecule has 1 aliphatic rings. The van der Waals surface area contributed by atoms with Crippen LogP contribution in [0.25, 0.3) is 0 Å². The highest BCUT2D eigenvalue weighted by Gasteiger charge is 2.30. The van der Waals surface area contributed by atoms with Crippen molar-refractivity contribution in [3.8, 4) is 0 Å². The molecule has 0 amide bonds. The predicted molar refractivity (Wildman–Crippen MR) is 72.6 cm³/mol. The van der Waals surface area contributed by atoms with Gasteiger partial charge in [0.25, 0.3) is 0 Å². The van der Waals surface area contributed by atoms with E-state index in [0.29, 0.717) is 5.92 Å². The van der Waals surface area contributed by atoms with Crippen LogP contribution in [0.3, 0.4) is 0 Å². The maximum atomic E-state index is 13.6. The molecular weight excluding hydrogens is 281 g/mol. The Bertz CT molecular complexity index is 380. The Hall–Kier alpha value is -0.410. The lowest BCUT2D eigenvalue weighted by Crippen LogP contribution is -2.36. The van der Waals surface area contributed by atoms with Crippen LogP contribution in [0.1, 0.15) is 25.3 Å². The zero-order valence-corrected chi connectivity index (χ0v) is 11.8. The molecule has 0 bridgehead atoms. The number of rotatable bonds is 5. The van der Waals surface area contributed by atoms with Crippen LogP contribution in [0.4, 0.5) is 4.39 Å². The molecular formula is C14H19BrFN. The first-order valence-electron chi connectivity index (χ1n) is 6.35. The Morgan fingerprint density at radius 2 is 2.12 bits per heavy atom. The van der Waals surface area contributed by atoms with Gasteiger partial charge in [-0.1, -0.05) is 22.9 Å². The van der Waals surface area contributed by atoms with Gasteiger partial charge in [-0.3, -0.25) is 0 Å². The van der Waals surface area contributed by atoms with Crippen molar-refractivity contribution >= 4 is 15.9 Å². The Morgan fingerprint density at radius 1 is 1.35 bits per heavy atom. The topological polar surface area (TPSA) is 12.0 Å². The van der Waals surface area contributed by atoms with Crippen molar-refractivity contribution in [1.82, 2.24) is 5.32 Å². The number of hydrogen-bond acceptors (Lipinski definition) is 1. The minimum Gasteiger partial charge on any atom is -0.317 e. The largest absolute Gasteiger partial charge is 0.317 e. The Labute approximate surface area is 111 Å². The molecule has 1 nitrogen and oxygen atoms in total. The molecule has 1 aromatic rings. The van der Waals surface area contributed by atoms with Gasteiger partial charge < -0.3 is 5.32 Å². The summed E-state index contributed by atoms with van der Waals surface area (Å²) in [6.07, 6.45) is 3.40. The van der Waals surface area contributed by atoms with Crippen molar-refractivity contribution in [1.29, 1.82) is 0 Å². The van der Waals surface area contributed by atoms with Gasteiger partial charge in [0.15, 0.2) is 0 Å². The van der Waals surface area contributed by atoms with Crippen molar-refractivity contribution in [2.75, 3.05) is 13.1 Å². The molecule has 94 valence electrons. The molecule has 1 saturated carbocycles. The molecule has 0 aromatic heterocycles. The average molecular weight is 300 g/mol.